The lowest BCUT2D eigenvalue weighted by molar-refractivity contribution is -0.384. The highest BCUT2D eigenvalue weighted by Gasteiger charge is 2.16. The van der Waals surface area contributed by atoms with Crippen molar-refractivity contribution in [1.29, 1.82) is 0 Å². The van der Waals surface area contributed by atoms with Crippen molar-refractivity contribution in [2.24, 2.45) is 0 Å². The van der Waals surface area contributed by atoms with Crippen LogP contribution in [0.1, 0.15) is 5.69 Å². The third-order valence-corrected chi connectivity index (χ3v) is 3.66. The molecule has 0 N–H and O–H groups in total. The van der Waals surface area contributed by atoms with Gasteiger partial charge in [-0.1, -0.05) is 16.1 Å². The molecule has 0 saturated heterocycles. The van der Waals surface area contributed by atoms with Crippen LogP contribution < -0.4 is 5.76 Å². The Hall–Kier alpha value is -2.26. The maximum Gasteiger partial charge on any atom is 0.420 e. The maximum absolute atomic E-state index is 11.8. The fraction of sp³-hybridized carbons (Fsp3) is 0.100. The van der Waals surface area contributed by atoms with Gasteiger partial charge in [0.15, 0.2) is 5.58 Å². The molecule has 3 rings (SSSR count). The zero-order chi connectivity index (χ0) is 14.3. The summed E-state index contributed by atoms with van der Waals surface area (Å²) in [7, 11) is 0. The number of hydrogen-bond donors (Lipinski definition) is 0. The lowest BCUT2D eigenvalue weighted by atomic mass is 10.3. The number of aromatic nitrogens is 3. The monoisotopic (exact) mass is 312 g/mol. The quantitative estimate of drug-likeness (QED) is 0.541. The second kappa shape index (κ2) is 4.69. The summed E-state index contributed by atoms with van der Waals surface area (Å²) in [6.07, 6.45) is 0. The Morgan fingerprint density at radius 2 is 2.30 bits per heavy atom. The van der Waals surface area contributed by atoms with Crippen molar-refractivity contribution in [3.05, 3.63) is 48.9 Å². The molecule has 0 saturated carbocycles. The van der Waals surface area contributed by atoms with Gasteiger partial charge in [-0.05, 0) is 6.07 Å². The molecule has 0 aliphatic heterocycles. The Labute approximate surface area is 119 Å². The number of halogens is 1. The van der Waals surface area contributed by atoms with Crippen molar-refractivity contribution in [3.63, 3.8) is 0 Å². The van der Waals surface area contributed by atoms with Gasteiger partial charge in [0.1, 0.15) is 10.0 Å². The van der Waals surface area contributed by atoms with E-state index in [-0.39, 0.29) is 17.8 Å². The van der Waals surface area contributed by atoms with Gasteiger partial charge in [-0.2, -0.15) is 0 Å². The molecule has 20 heavy (non-hydrogen) atoms. The SMILES string of the molecule is O=c1oc2ccc([N+](=O)[O-])cc2n1Cc1nnsc1Cl. The zero-order valence-electron chi connectivity index (χ0n) is 9.65. The third-order valence-electron chi connectivity index (χ3n) is 2.68. The largest absolute Gasteiger partial charge is 0.420 e. The van der Waals surface area contributed by atoms with Crippen LogP contribution in [0.3, 0.4) is 0 Å². The molecule has 0 radical (unpaired) electrons. The van der Waals surface area contributed by atoms with E-state index in [4.69, 9.17) is 16.0 Å². The predicted octanol–water partition coefficient (Wildman–Crippen LogP) is 2.06. The molecule has 1 aromatic carbocycles. The summed E-state index contributed by atoms with van der Waals surface area (Å²) in [5, 5.41) is 14.6. The first-order chi connectivity index (χ1) is 9.56. The first kappa shape index (κ1) is 12.8. The summed E-state index contributed by atoms with van der Waals surface area (Å²) in [6.45, 7) is 0.0440. The number of hydrogen-bond acceptors (Lipinski definition) is 7. The lowest BCUT2D eigenvalue weighted by Crippen LogP contribution is -2.15. The van der Waals surface area contributed by atoms with Crippen LogP contribution in [-0.4, -0.2) is 19.1 Å². The van der Waals surface area contributed by atoms with Gasteiger partial charge in [0.25, 0.3) is 5.69 Å². The van der Waals surface area contributed by atoms with E-state index in [9.17, 15) is 14.9 Å². The van der Waals surface area contributed by atoms with Crippen molar-refractivity contribution >= 4 is 39.9 Å². The molecule has 0 atom stereocenters. The molecule has 0 amide bonds. The lowest BCUT2D eigenvalue weighted by Gasteiger charge is -1.99. The predicted molar refractivity (Wildman–Crippen MR) is 71.1 cm³/mol. The molecular formula is C10H5ClN4O4S. The van der Waals surface area contributed by atoms with Crippen molar-refractivity contribution < 1.29 is 9.34 Å². The van der Waals surface area contributed by atoms with Crippen molar-refractivity contribution in [2.75, 3.05) is 0 Å². The number of nitro groups is 1. The molecule has 0 bridgehead atoms. The fourth-order valence-electron chi connectivity index (χ4n) is 1.75. The fourth-order valence-corrected chi connectivity index (χ4v) is 2.37. The van der Waals surface area contributed by atoms with Gasteiger partial charge in [-0.15, -0.1) is 5.10 Å². The topological polar surface area (TPSA) is 104 Å². The minimum atomic E-state index is -0.635. The summed E-state index contributed by atoms with van der Waals surface area (Å²) in [5.74, 6) is -0.635. The van der Waals surface area contributed by atoms with Crippen molar-refractivity contribution in [2.45, 2.75) is 6.54 Å². The highest BCUT2D eigenvalue weighted by molar-refractivity contribution is 7.10. The smallest absolute Gasteiger partial charge is 0.408 e. The van der Waals surface area contributed by atoms with Crippen LogP contribution in [0, 0.1) is 10.1 Å². The normalized spacial score (nSPS) is 11.1. The van der Waals surface area contributed by atoms with E-state index in [1.165, 1.54) is 22.8 Å². The molecule has 0 unspecified atom stereocenters. The van der Waals surface area contributed by atoms with Gasteiger partial charge in [-0.3, -0.25) is 14.7 Å². The minimum Gasteiger partial charge on any atom is -0.408 e. The van der Waals surface area contributed by atoms with E-state index < -0.39 is 10.7 Å². The van der Waals surface area contributed by atoms with Crippen LogP contribution in [0.2, 0.25) is 4.34 Å². The third kappa shape index (κ3) is 2.06. The Kier molecular flexibility index (Phi) is 2.99. The molecule has 10 heteroatoms. The number of benzene rings is 1. The van der Waals surface area contributed by atoms with Gasteiger partial charge in [0.05, 0.1) is 17.0 Å². The van der Waals surface area contributed by atoms with E-state index in [1.54, 1.807) is 0 Å². The molecule has 0 spiro atoms. The van der Waals surface area contributed by atoms with Crippen molar-refractivity contribution in [3.8, 4) is 0 Å². The second-order valence-corrected chi connectivity index (χ2v) is 5.21. The number of non-ortho nitro benzene ring substituents is 1. The molecule has 0 aliphatic rings. The van der Waals surface area contributed by atoms with Crippen LogP contribution in [0.5, 0.6) is 0 Å². The average molecular weight is 313 g/mol. The number of rotatable bonds is 3. The molecule has 3 aromatic rings. The second-order valence-electron chi connectivity index (χ2n) is 3.86. The molecule has 102 valence electrons. The van der Waals surface area contributed by atoms with Crippen LogP contribution in [-0.2, 0) is 6.54 Å². The number of nitro benzene ring substituents is 1. The van der Waals surface area contributed by atoms with E-state index in [0.717, 1.165) is 11.5 Å². The van der Waals surface area contributed by atoms with Crippen LogP contribution in [0.25, 0.3) is 11.1 Å². The molecule has 2 aromatic heterocycles. The van der Waals surface area contributed by atoms with Gasteiger partial charge in [0, 0.05) is 23.7 Å². The van der Waals surface area contributed by atoms with Gasteiger partial charge in [0.2, 0.25) is 0 Å². The van der Waals surface area contributed by atoms with E-state index in [2.05, 4.69) is 9.59 Å². The maximum atomic E-state index is 11.8. The summed E-state index contributed by atoms with van der Waals surface area (Å²) >= 11 is 6.88. The highest BCUT2D eigenvalue weighted by Crippen LogP contribution is 2.23. The molecule has 8 nitrogen and oxygen atoms in total. The standard InChI is InChI=1S/C10H5ClN4O4S/c11-9-6(12-13-20-9)4-14-7-3-5(15(17)18)1-2-8(7)19-10(14)16/h1-3H,4H2. The number of oxazole rings is 1. The summed E-state index contributed by atoms with van der Waals surface area (Å²) in [5.41, 5.74) is 0.857. The Bertz CT molecular complexity index is 868. The summed E-state index contributed by atoms with van der Waals surface area (Å²) in [4.78, 5) is 22.0. The Morgan fingerprint density at radius 1 is 1.50 bits per heavy atom. The first-order valence-corrected chi connectivity index (χ1v) is 6.46. The molecule has 0 fully saturated rings. The molecule has 0 aliphatic carbocycles. The number of nitrogens with zero attached hydrogens (tertiary/aromatic N) is 4. The summed E-state index contributed by atoms with van der Waals surface area (Å²) in [6, 6.07) is 3.92. The van der Waals surface area contributed by atoms with E-state index >= 15 is 0 Å². The number of fused-ring (bicyclic) bond motifs is 1. The highest BCUT2D eigenvalue weighted by atomic mass is 35.5. The van der Waals surface area contributed by atoms with E-state index in [1.807, 2.05) is 0 Å². The Morgan fingerprint density at radius 3 is 2.95 bits per heavy atom. The minimum absolute atomic E-state index is 0.0440. The van der Waals surface area contributed by atoms with Crippen LogP contribution in [0.15, 0.2) is 27.4 Å². The molecular weight excluding hydrogens is 308 g/mol. The summed E-state index contributed by atoms with van der Waals surface area (Å²) < 4.78 is 10.3. The van der Waals surface area contributed by atoms with Gasteiger partial charge in [-0.25, -0.2) is 4.79 Å². The Balaban J connectivity index is 2.16. The van der Waals surface area contributed by atoms with E-state index in [0.29, 0.717) is 15.5 Å². The van der Waals surface area contributed by atoms with Gasteiger partial charge >= 0.3 is 5.76 Å². The van der Waals surface area contributed by atoms with Gasteiger partial charge < -0.3 is 4.42 Å². The van der Waals surface area contributed by atoms with Crippen LogP contribution in [0.4, 0.5) is 5.69 Å². The average Bonchev–Trinajstić information content (AvgIpc) is 2.94. The zero-order valence-corrected chi connectivity index (χ0v) is 11.2. The van der Waals surface area contributed by atoms with Crippen molar-refractivity contribution in [1.82, 2.24) is 14.2 Å². The first-order valence-electron chi connectivity index (χ1n) is 5.31. The van der Waals surface area contributed by atoms with Crippen LogP contribution >= 0.6 is 23.1 Å². The molecule has 2 heterocycles.